The standard InChI is InChI=1S/C15H23N3O6/c1-8(2)11(17-14(22)23-15(3,4)5)12(21)13-16-9(24-18-13)6-7-10(19)20/h8,11H,6-7H2,1-5H3,(H,17,22)(H,19,20)/t11-/m0/s1. The fourth-order valence-corrected chi connectivity index (χ4v) is 1.78. The van der Waals surface area contributed by atoms with E-state index in [-0.39, 0.29) is 30.5 Å². The Labute approximate surface area is 139 Å². The maximum absolute atomic E-state index is 12.5. The summed E-state index contributed by atoms with van der Waals surface area (Å²) in [7, 11) is 0. The first-order valence-electron chi connectivity index (χ1n) is 7.57. The van der Waals surface area contributed by atoms with Crippen LogP contribution in [0.5, 0.6) is 0 Å². The van der Waals surface area contributed by atoms with Crippen molar-refractivity contribution in [2.75, 3.05) is 0 Å². The van der Waals surface area contributed by atoms with Crippen molar-refractivity contribution in [3.63, 3.8) is 0 Å². The van der Waals surface area contributed by atoms with Gasteiger partial charge in [-0.1, -0.05) is 19.0 Å². The van der Waals surface area contributed by atoms with Gasteiger partial charge in [-0.25, -0.2) is 4.79 Å². The number of aromatic nitrogens is 2. The van der Waals surface area contributed by atoms with Crippen LogP contribution in [0.15, 0.2) is 4.52 Å². The molecular formula is C15H23N3O6. The molecular weight excluding hydrogens is 318 g/mol. The lowest BCUT2D eigenvalue weighted by atomic mass is 9.99. The normalized spacial score (nSPS) is 12.8. The van der Waals surface area contributed by atoms with E-state index < -0.39 is 29.5 Å². The summed E-state index contributed by atoms with van der Waals surface area (Å²) in [5.74, 6) is -1.91. The molecule has 0 fully saturated rings. The molecule has 1 heterocycles. The lowest BCUT2D eigenvalue weighted by Crippen LogP contribution is -2.46. The molecule has 0 aliphatic rings. The van der Waals surface area contributed by atoms with E-state index in [0.29, 0.717) is 0 Å². The van der Waals surface area contributed by atoms with Gasteiger partial charge in [0.1, 0.15) is 11.6 Å². The van der Waals surface area contributed by atoms with Gasteiger partial charge in [-0.05, 0) is 26.7 Å². The number of aliphatic carboxylic acids is 1. The van der Waals surface area contributed by atoms with Gasteiger partial charge < -0.3 is 19.7 Å². The Morgan fingerprint density at radius 3 is 2.42 bits per heavy atom. The summed E-state index contributed by atoms with van der Waals surface area (Å²) < 4.78 is 10.0. The summed E-state index contributed by atoms with van der Waals surface area (Å²) in [5.41, 5.74) is -0.690. The minimum atomic E-state index is -1.01. The molecule has 9 nitrogen and oxygen atoms in total. The zero-order valence-corrected chi connectivity index (χ0v) is 14.5. The average molecular weight is 341 g/mol. The second-order valence-electron chi connectivity index (χ2n) is 6.64. The number of carbonyl (C=O) groups excluding carboxylic acids is 2. The molecule has 0 aliphatic carbocycles. The molecule has 24 heavy (non-hydrogen) atoms. The second kappa shape index (κ2) is 7.89. The van der Waals surface area contributed by atoms with Crippen molar-refractivity contribution in [1.82, 2.24) is 15.5 Å². The number of amides is 1. The zero-order valence-electron chi connectivity index (χ0n) is 14.5. The van der Waals surface area contributed by atoms with Gasteiger partial charge in [-0.15, -0.1) is 0 Å². The molecule has 0 spiro atoms. The molecule has 1 aromatic heterocycles. The Kier molecular flexibility index (Phi) is 6.44. The monoisotopic (exact) mass is 341 g/mol. The zero-order chi connectivity index (χ0) is 18.5. The summed E-state index contributed by atoms with van der Waals surface area (Å²) in [4.78, 5) is 38.8. The average Bonchev–Trinajstić information content (AvgIpc) is 2.88. The number of aryl methyl sites for hydroxylation is 1. The second-order valence-corrected chi connectivity index (χ2v) is 6.64. The number of hydrogen-bond donors (Lipinski definition) is 2. The van der Waals surface area contributed by atoms with E-state index >= 15 is 0 Å². The van der Waals surface area contributed by atoms with Gasteiger partial charge in [0.05, 0.1) is 6.42 Å². The number of hydrogen-bond acceptors (Lipinski definition) is 7. The van der Waals surface area contributed by atoms with Gasteiger partial charge in [-0.3, -0.25) is 9.59 Å². The third kappa shape index (κ3) is 6.35. The van der Waals surface area contributed by atoms with Crippen LogP contribution in [-0.4, -0.2) is 44.7 Å². The molecule has 0 aliphatic heterocycles. The van der Waals surface area contributed by atoms with E-state index in [2.05, 4.69) is 15.5 Å². The van der Waals surface area contributed by atoms with Crippen molar-refractivity contribution in [2.45, 2.75) is 59.1 Å². The number of carbonyl (C=O) groups is 3. The van der Waals surface area contributed by atoms with Crippen molar-refractivity contribution in [1.29, 1.82) is 0 Å². The van der Waals surface area contributed by atoms with E-state index in [1.165, 1.54) is 0 Å². The van der Waals surface area contributed by atoms with Crippen LogP contribution >= 0.6 is 0 Å². The molecule has 0 radical (unpaired) electrons. The fourth-order valence-electron chi connectivity index (χ4n) is 1.78. The predicted octanol–water partition coefficient (Wildman–Crippen LogP) is 1.82. The summed E-state index contributed by atoms with van der Waals surface area (Å²) in [6.07, 6.45) is -0.870. The highest BCUT2D eigenvalue weighted by Gasteiger charge is 2.30. The van der Waals surface area contributed by atoms with Crippen molar-refractivity contribution >= 4 is 17.8 Å². The number of ketones is 1. The molecule has 9 heteroatoms. The number of nitrogens with one attached hydrogen (secondary N) is 1. The largest absolute Gasteiger partial charge is 0.481 e. The summed E-state index contributed by atoms with van der Waals surface area (Å²) in [6, 6.07) is -0.884. The smallest absolute Gasteiger partial charge is 0.408 e. The van der Waals surface area contributed by atoms with E-state index in [4.69, 9.17) is 14.4 Å². The molecule has 0 unspecified atom stereocenters. The van der Waals surface area contributed by atoms with Crippen LogP contribution in [0.3, 0.4) is 0 Å². The molecule has 1 aromatic rings. The van der Waals surface area contributed by atoms with Gasteiger partial charge >= 0.3 is 12.1 Å². The summed E-state index contributed by atoms with van der Waals surface area (Å²) >= 11 is 0. The topological polar surface area (TPSA) is 132 Å². The fraction of sp³-hybridized carbons (Fsp3) is 0.667. The lowest BCUT2D eigenvalue weighted by molar-refractivity contribution is -0.137. The van der Waals surface area contributed by atoms with Crippen LogP contribution < -0.4 is 5.32 Å². The van der Waals surface area contributed by atoms with Crippen molar-refractivity contribution in [2.24, 2.45) is 5.92 Å². The molecule has 1 atom stereocenters. The van der Waals surface area contributed by atoms with E-state index in [1.807, 2.05) is 0 Å². The SMILES string of the molecule is CC(C)[C@H](NC(=O)OC(C)(C)C)C(=O)c1noc(CCC(=O)O)n1. The van der Waals surface area contributed by atoms with Crippen LogP contribution in [-0.2, 0) is 16.0 Å². The van der Waals surface area contributed by atoms with Gasteiger partial charge in [0, 0.05) is 6.42 Å². The number of rotatable bonds is 7. The molecule has 134 valence electrons. The predicted molar refractivity (Wildman–Crippen MR) is 82.6 cm³/mol. The molecule has 1 rings (SSSR count). The molecule has 0 aromatic carbocycles. The maximum atomic E-state index is 12.5. The van der Waals surface area contributed by atoms with E-state index in [0.717, 1.165) is 0 Å². The first-order valence-corrected chi connectivity index (χ1v) is 7.57. The number of Topliss-reactive ketones (excluding diaryl/α,β-unsaturated/α-hetero) is 1. The van der Waals surface area contributed by atoms with Gasteiger partial charge in [-0.2, -0.15) is 4.98 Å². The third-order valence-electron chi connectivity index (χ3n) is 2.86. The van der Waals surface area contributed by atoms with Crippen LogP contribution in [0.1, 0.15) is 57.5 Å². The van der Waals surface area contributed by atoms with Gasteiger partial charge in [0.15, 0.2) is 0 Å². The third-order valence-corrected chi connectivity index (χ3v) is 2.86. The summed E-state index contributed by atoms with van der Waals surface area (Å²) in [5, 5.41) is 14.7. The lowest BCUT2D eigenvalue weighted by Gasteiger charge is -2.24. The molecule has 0 saturated carbocycles. The van der Waals surface area contributed by atoms with Gasteiger partial charge in [0.2, 0.25) is 17.5 Å². The quantitative estimate of drug-likeness (QED) is 0.718. The van der Waals surface area contributed by atoms with E-state index in [1.54, 1.807) is 34.6 Å². The van der Waals surface area contributed by atoms with Crippen molar-refractivity contribution in [3.05, 3.63) is 11.7 Å². The highest BCUT2D eigenvalue weighted by atomic mass is 16.6. The van der Waals surface area contributed by atoms with Crippen LogP contribution in [0.2, 0.25) is 0 Å². The minimum Gasteiger partial charge on any atom is -0.481 e. The molecule has 0 bridgehead atoms. The molecule has 2 N–H and O–H groups in total. The maximum Gasteiger partial charge on any atom is 0.408 e. The van der Waals surface area contributed by atoms with Crippen LogP contribution in [0, 0.1) is 5.92 Å². The van der Waals surface area contributed by atoms with E-state index in [9.17, 15) is 14.4 Å². The summed E-state index contributed by atoms with van der Waals surface area (Å²) in [6.45, 7) is 8.66. The number of nitrogens with zero attached hydrogens (tertiary/aromatic N) is 2. The Balaban J connectivity index is 2.80. The minimum absolute atomic E-state index is 0.0292. The van der Waals surface area contributed by atoms with Gasteiger partial charge in [0.25, 0.3) is 0 Å². The van der Waals surface area contributed by atoms with Crippen molar-refractivity contribution < 1.29 is 28.8 Å². The molecule has 0 saturated heterocycles. The Morgan fingerprint density at radius 2 is 1.92 bits per heavy atom. The van der Waals surface area contributed by atoms with Crippen LogP contribution in [0.25, 0.3) is 0 Å². The Hall–Kier alpha value is -2.45. The van der Waals surface area contributed by atoms with Crippen molar-refractivity contribution in [3.8, 4) is 0 Å². The first-order chi connectivity index (χ1) is 11.0. The Morgan fingerprint density at radius 1 is 1.29 bits per heavy atom. The van der Waals surface area contributed by atoms with Crippen LogP contribution in [0.4, 0.5) is 4.79 Å². The number of carboxylic acid groups (broad SMARTS) is 1. The Bertz CT molecular complexity index is 603. The number of ether oxygens (including phenoxy) is 1. The first kappa shape index (κ1) is 19.6. The number of carboxylic acids is 1. The number of alkyl carbamates (subject to hydrolysis) is 1. The highest BCUT2D eigenvalue weighted by molar-refractivity contribution is 5.98. The highest BCUT2D eigenvalue weighted by Crippen LogP contribution is 2.12. The molecule has 1 amide bonds.